The fourth-order valence-corrected chi connectivity index (χ4v) is 1.76. The van der Waals surface area contributed by atoms with Crippen molar-refractivity contribution in [3.05, 3.63) is 41.2 Å². The van der Waals surface area contributed by atoms with Crippen LogP contribution in [0.5, 0.6) is 0 Å². The lowest BCUT2D eigenvalue weighted by molar-refractivity contribution is 1.36. The lowest BCUT2D eigenvalue weighted by Crippen LogP contribution is -2.09. The molecular weight excluding hydrogens is 216 g/mol. The van der Waals surface area contributed by atoms with Gasteiger partial charge in [-0.05, 0) is 23.6 Å². The van der Waals surface area contributed by atoms with Gasteiger partial charge in [-0.1, -0.05) is 23.8 Å². The summed E-state index contributed by atoms with van der Waals surface area (Å²) in [5.74, 6) is 0. The molecule has 70 valence electrons. The predicted octanol–water partition coefficient (Wildman–Crippen LogP) is 2.52. The summed E-state index contributed by atoms with van der Waals surface area (Å²) < 4.78 is 0. The molecule has 4 heteroatoms. The molecule has 0 bridgehead atoms. The van der Waals surface area contributed by atoms with E-state index in [4.69, 9.17) is 29.6 Å². The SMILES string of the molecule is NC(=S)c1ccc(Cl)c2cnccc12. The molecule has 0 saturated heterocycles. The Morgan fingerprint density at radius 3 is 2.79 bits per heavy atom. The third-order valence-corrected chi connectivity index (χ3v) is 2.58. The molecule has 0 amide bonds. The number of nitrogens with zero attached hydrogens (tertiary/aromatic N) is 1. The van der Waals surface area contributed by atoms with Crippen LogP contribution in [0.15, 0.2) is 30.6 Å². The average molecular weight is 223 g/mol. The molecular formula is C10H7ClN2S. The van der Waals surface area contributed by atoms with Crippen molar-refractivity contribution in [3.8, 4) is 0 Å². The van der Waals surface area contributed by atoms with Crippen LogP contribution < -0.4 is 5.73 Å². The molecule has 0 aliphatic heterocycles. The Kier molecular flexibility index (Phi) is 2.35. The first-order valence-electron chi connectivity index (χ1n) is 4.02. The van der Waals surface area contributed by atoms with Crippen LogP contribution in [-0.2, 0) is 0 Å². The molecule has 1 aromatic carbocycles. The summed E-state index contributed by atoms with van der Waals surface area (Å²) in [6.07, 6.45) is 3.40. The zero-order chi connectivity index (χ0) is 10.1. The van der Waals surface area contributed by atoms with Gasteiger partial charge in [0.1, 0.15) is 4.99 Å². The first kappa shape index (κ1) is 9.37. The Balaban J connectivity index is 2.88. The smallest absolute Gasteiger partial charge is 0.104 e. The molecule has 0 fully saturated rings. The number of hydrogen-bond acceptors (Lipinski definition) is 2. The Bertz CT molecular complexity index is 510. The number of benzene rings is 1. The molecule has 0 aliphatic rings. The van der Waals surface area contributed by atoms with Crippen molar-refractivity contribution in [2.45, 2.75) is 0 Å². The molecule has 0 atom stereocenters. The third kappa shape index (κ3) is 1.45. The number of halogens is 1. The van der Waals surface area contributed by atoms with E-state index < -0.39 is 0 Å². The zero-order valence-electron chi connectivity index (χ0n) is 7.20. The molecule has 1 heterocycles. The summed E-state index contributed by atoms with van der Waals surface area (Å²) in [7, 11) is 0. The van der Waals surface area contributed by atoms with Gasteiger partial charge >= 0.3 is 0 Å². The monoisotopic (exact) mass is 222 g/mol. The largest absolute Gasteiger partial charge is 0.389 e. The number of nitrogens with two attached hydrogens (primary N) is 1. The van der Waals surface area contributed by atoms with Crippen LogP contribution >= 0.6 is 23.8 Å². The van der Waals surface area contributed by atoms with Crippen LogP contribution in [0.1, 0.15) is 5.56 Å². The van der Waals surface area contributed by atoms with Crippen molar-refractivity contribution in [3.63, 3.8) is 0 Å². The molecule has 2 rings (SSSR count). The number of thiocarbonyl (C=S) groups is 1. The molecule has 1 aromatic heterocycles. The van der Waals surface area contributed by atoms with E-state index in [0.717, 1.165) is 16.3 Å². The summed E-state index contributed by atoms with van der Waals surface area (Å²) in [6, 6.07) is 5.46. The molecule has 2 nitrogen and oxygen atoms in total. The van der Waals surface area contributed by atoms with Gasteiger partial charge in [-0.15, -0.1) is 0 Å². The van der Waals surface area contributed by atoms with E-state index in [1.807, 2.05) is 12.1 Å². The molecule has 0 saturated carbocycles. The topological polar surface area (TPSA) is 38.9 Å². The van der Waals surface area contributed by atoms with Gasteiger partial charge in [-0.25, -0.2) is 0 Å². The standard InChI is InChI=1S/C10H7ClN2S/c11-9-2-1-7(10(12)14)6-3-4-13-5-8(6)9/h1-5H,(H2,12,14). The Labute approximate surface area is 91.7 Å². The second-order valence-electron chi connectivity index (χ2n) is 2.88. The maximum atomic E-state index is 6.01. The third-order valence-electron chi connectivity index (χ3n) is 2.03. The van der Waals surface area contributed by atoms with E-state index in [9.17, 15) is 0 Å². The fraction of sp³-hybridized carbons (Fsp3) is 0. The number of hydrogen-bond donors (Lipinski definition) is 1. The fourth-order valence-electron chi connectivity index (χ4n) is 1.37. The van der Waals surface area contributed by atoms with Gasteiger partial charge in [0.2, 0.25) is 0 Å². The van der Waals surface area contributed by atoms with Crippen LogP contribution in [0.3, 0.4) is 0 Å². The van der Waals surface area contributed by atoms with E-state index >= 15 is 0 Å². The van der Waals surface area contributed by atoms with Gasteiger partial charge in [0.05, 0.1) is 0 Å². The minimum atomic E-state index is 0.373. The molecule has 14 heavy (non-hydrogen) atoms. The predicted molar refractivity (Wildman–Crippen MR) is 62.6 cm³/mol. The van der Waals surface area contributed by atoms with Crippen molar-refractivity contribution >= 4 is 39.6 Å². The van der Waals surface area contributed by atoms with Gasteiger partial charge in [-0.3, -0.25) is 4.98 Å². The van der Waals surface area contributed by atoms with Crippen molar-refractivity contribution in [1.82, 2.24) is 4.98 Å². The summed E-state index contributed by atoms with van der Waals surface area (Å²) in [6.45, 7) is 0. The highest BCUT2D eigenvalue weighted by Crippen LogP contribution is 2.25. The Morgan fingerprint density at radius 2 is 2.07 bits per heavy atom. The summed E-state index contributed by atoms with van der Waals surface area (Å²) in [5.41, 5.74) is 6.43. The van der Waals surface area contributed by atoms with Gasteiger partial charge in [-0.2, -0.15) is 0 Å². The van der Waals surface area contributed by atoms with Crippen LogP contribution in [0, 0.1) is 0 Å². The van der Waals surface area contributed by atoms with Gasteiger partial charge in [0.25, 0.3) is 0 Å². The first-order chi connectivity index (χ1) is 6.70. The van der Waals surface area contributed by atoms with Crippen LogP contribution in [0.4, 0.5) is 0 Å². The molecule has 0 aliphatic carbocycles. The van der Waals surface area contributed by atoms with Gasteiger partial charge in [0, 0.05) is 28.4 Å². The summed E-state index contributed by atoms with van der Waals surface area (Å²) >= 11 is 11.0. The van der Waals surface area contributed by atoms with Gasteiger partial charge in [0.15, 0.2) is 0 Å². The van der Waals surface area contributed by atoms with Crippen molar-refractivity contribution in [2.75, 3.05) is 0 Å². The number of pyridine rings is 1. The van der Waals surface area contributed by atoms with E-state index in [-0.39, 0.29) is 0 Å². The normalized spacial score (nSPS) is 10.4. The lowest BCUT2D eigenvalue weighted by Gasteiger charge is -2.05. The van der Waals surface area contributed by atoms with Crippen molar-refractivity contribution < 1.29 is 0 Å². The summed E-state index contributed by atoms with van der Waals surface area (Å²) in [5, 5.41) is 2.48. The minimum absolute atomic E-state index is 0.373. The first-order valence-corrected chi connectivity index (χ1v) is 4.81. The molecule has 0 spiro atoms. The summed E-state index contributed by atoms with van der Waals surface area (Å²) in [4.78, 5) is 4.38. The zero-order valence-corrected chi connectivity index (χ0v) is 8.77. The highest BCUT2D eigenvalue weighted by molar-refractivity contribution is 7.80. The second-order valence-corrected chi connectivity index (χ2v) is 3.73. The van der Waals surface area contributed by atoms with Crippen LogP contribution in [-0.4, -0.2) is 9.97 Å². The average Bonchev–Trinajstić information content (AvgIpc) is 2.18. The lowest BCUT2D eigenvalue weighted by atomic mass is 10.1. The molecule has 0 unspecified atom stereocenters. The quantitative estimate of drug-likeness (QED) is 0.754. The highest BCUT2D eigenvalue weighted by atomic mass is 35.5. The molecule has 0 radical (unpaired) electrons. The van der Waals surface area contributed by atoms with Gasteiger partial charge < -0.3 is 5.73 Å². The Morgan fingerprint density at radius 1 is 1.29 bits per heavy atom. The minimum Gasteiger partial charge on any atom is -0.389 e. The Hall–Kier alpha value is -1.19. The maximum Gasteiger partial charge on any atom is 0.104 e. The van der Waals surface area contributed by atoms with E-state index in [2.05, 4.69) is 4.98 Å². The van der Waals surface area contributed by atoms with E-state index in [1.165, 1.54) is 0 Å². The second kappa shape index (κ2) is 3.52. The highest BCUT2D eigenvalue weighted by Gasteiger charge is 2.05. The van der Waals surface area contributed by atoms with Crippen LogP contribution in [0.2, 0.25) is 5.02 Å². The molecule has 2 N–H and O–H groups in total. The van der Waals surface area contributed by atoms with E-state index in [0.29, 0.717) is 10.0 Å². The molecule has 2 aromatic rings. The van der Waals surface area contributed by atoms with Crippen molar-refractivity contribution in [1.29, 1.82) is 0 Å². The van der Waals surface area contributed by atoms with E-state index in [1.54, 1.807) is 18.5 Å². The number of rotatable bonds is 1. The number of fused-ring (bicyclic) bond motifs is 1. The number of aromatic nitrogens is 1. The van der Waals surface area contributed by atoms with Crippen molar-refractivity contribution in [2.24, 2.45) is 5.73 Å². The maximum absolute atomic E-state index is 6.01. The van der Waals surface area contributed by atoms with Crippen LogP contribution in [0.25, 0.3) is 10.8 Å².